The van der Waals surface area contributed by atoms with Gasteiger partial charge in [-0.1, -0.05) is 42.0 Å². The summed E-state index contributed by atoms with van der Waals surface area (Å²) in [5.41, 5.74) is 5.26. The van der Waals surface area contributed by atoms with Crippen LogP contribution >= 0.6 is 0 Å². The second kappa shape index (κ2) is 8.93. The lowest BCUT2D eigenvalue weighted by Gasteiger charge is -2.10. The second-order valence-electron chi connectivity index (χ2n) is 6.57. The minimum atomic E-state index is -0.626. The predicted molar refractivity (Wildman–Crippen MR) is 111 cm³/mol. The van der Waals surface area contributed by atoms with E-state index in [1.807, 2.05) is 31.2 Å². The number of halogens is 1. The average Bonchev–Trinajstić information content (AvgIpc) is 2.68. The number of nitrogens with one attached hydrogen (secondary N) is 2. The van der Waals surface area contributed by atoms with Crippen LogP contribution in [0.1, 0.15) is 31.8 Å². The number of amides is 2. The van der Waals surface area contributed by atoms with E-state index in [9.17, 15) is 14.0 Å². The first-order valence-electron chi connectivity index (χ1n) is 9.04. The highest BCUT2D eigenvalue weighted by Crippen LogP contribution is 2.17. The zero-order valence-corrected chi connectivity index (χ0v) is 16.1. The standard InChI is InChI=1S/C23H20FN3O2/c1-16-8-7-9-17(14-16)15-27(2)26-23(29)19-11-4-6-13-21(19)25-22(28)18-10-3-5-12-20(18)24/h3-15H,1-2H3,(H-,25,26,28,29)/p+1. The first-order valence-corrected chi connectivity index (χ1v) is 9.04. The van der Waals surface area contributed by atoms with Crippen LogP contribution in [0.2, 0.25) is 0 Å². The molecule has 0 aliphatic heterocycles. The normalized spacial score (nSPS) is 11.1. The van der Waals surface area contributed by atoms with Crippen molar-refractivity contribution < 1.29 is 18.7 Å². The lowest BCUT2D eigenvalue weighted by Crippen LogP contribution is -2.33. The predicted octanol–water partition coefficient (Wildman–Crippen LogP) is 3.79. The van der Waals surface area contributed by atoms with Crippen molar-refractivity contribution in [3.63, 3.8) is 0 Å². The summed E-state index contributed by atoms with van der Waals surface area (Å²) in [6.07, 6.45) is 1.78. The van der Waals surface area contributed by atoms with Crippen molar-refractivity contribution in [2.24, 2.45) is 0 Å². The smallest absolute Gasteiger partial charge is 0.307 e. The maximum atomic E-state index is 13.9. The summed E-state index contributed by atoms with van der Waals surface area (Å²) in [6, 6.07) is 20.1. The fourth-order valence-electron chi connectivity index (χ4n) is 2.85. The number of hydrazone groups is 1. The molecule has 0 aliphatic rings. The minimum absolute atomic E-state index is 0.0902. The van der Waals surface area contributed by atoms with Crippen LogP contribution in [0.15, 0.2) is 72.8 Å². The molecule has 146 valence electrons. The van der Waals surface area contributed by atoms with E-state index in [4.69, 9.17) is 0 Å². The van der Waals surface area contributed by atoms with Gasteiger partial charge in [0.15, 0.2) is 7.05 Å². The van der Waals surface area contributed by atoms with Gasteiger partial charge < -0.3 is 5.32 Å². The molecule has 3 aromatic carbocycles. The second-order valence-corrected chi connectivity index (χ2v) is 6.57. The molecule has 0 aromatic heterocycles. The molecule has 29 heavy (non-hydrogen) atoms. The van der Waals surface area contributed by atoms with E-state index < -0.39 is 17.6 Å². The number of hydrogen-bond donors (Lipinski definition) is 2. The number of nitrogens with zero attached hydrogens (tertiary/aromatic N) is 1. The highest BCUT2D eigenvalue weighted by atomic mass is 19.1. The number of hydrazine groups is 1. The molecule has 0 aliphatic carbocycles. The molecule has 2 amide bonds. The molecule has 5 nitrogen and oxygen atoms in total. The molecule has 0 heterocycles. The Morgan fingerprint density at radius 1 is 0.897 bits per heavy atom. The summed E-state index contributed by atoms with van der Waals surface area (Å²) in [7, 11) is 1.71. The monoisotopic (exact) mass is 390 g/mol. The topological polar surface area (TPSA) is 61.2 Å². The molecule has 3 aromatic rings. The third-order valence-corrected chi connectivity index (χ3v) is 4.20. The number of rotatable bonds is 5. The van der Waals surface area contributed by atoms with Crippen molar-refractivity contribution in [1.29, 1.82) is 0 Å². The van der Waals surface area contributed by atoms with Gasteiger partial charge in [0.05, 0.1) is 16.8 Å². The van der Waals surface area contributed by atoms with Crippen LogP contribution in [-0.4, -0.2) is 29.8 Å². The SMILES string of the molecule is Cc1cccc(C=[N+](C)NC(=O)c2ccccc2NC(=O)c2ccccc2F)c1. The van der Waals surface area contributed by atoms with Crippen LogP contribution in [0.5, 0.6) is 0 Å². The van der Waals surface area contributed by atoms with Gasteiger partial charge in [-0.05, 0) is 43.3 Å². The number of hydrogen-bond acceptors (Lipinski definition) is 2. The molecular weight excluding hydrogens is 369 g/mol. The highest BCUT2D eigenvalue weighted by molar-refractivity contribution is 6.08. The van der Waals surface area contributed by atoms with E-state index in [0.717, 1.165) is 11.1 Å². The number of para-hydroxylation sites is 1. The molecule has 0 bridgehead atoms. The third-order valence-electron chi connectivity index (χ3n) is 4.20. The van der Waals surface area contributed by atoms with Crippen molar-refractivity contribution in [3.8, 4) is 0 Å². The van der Waals surface area contributed by atoms with Gasteiger partial charge in [0.1, 0.15) is 5.82 Å². The Morgan fingerprint density at radius 3 is 2.31 bits per heavy atom. The number of anilines is 1. The van der Waals surface area contributed by atoms with E-state index in [-0.39, 0.29) is 11.1 Å². The summed E-state index contributed by atoms with van der Waals surface area (Å²) < 4.78 is 15.4. The average molecular weight is 390 g/mol. The van der Waals surface area contributed by atoms with Gasteiger partial charge in [0.25, 0.3) is 5.91 Å². The Balaban J connectivity index is 1.78. The largest absolute Gasteiger partial charge is 0.321 e. The van der Waals surface area contributed by atoms with Crippen LogP contribution < -0.4 is 10.7 Å². The van der Waals surface area contributed by atoms with E-state index >= 15 is 0 Å². The molecule has 0 unspecified atom stereocenters. The molecular formula is C23H21FN3O2+. The Kier molecular flexibility index (Phi) is 6.14. The molecule has 0 saturated heterocycles. The van der Waals surface area contributed by atoms with Gasteiger partial charge in [0, 0.05) is 5.56 Å². The van der Waals surface area contributed by atoms with Gasteiger partial charge in [-0.3, -0.25) is 9.59 Å². The van der Waals surface area contributed by atoms with Gasteiger partial charge in [-0.25, -0.2) is 4.39 Å². The first kappa shape index (κ1) is 19.9. The van der Waals surface area contributed by atoms with Crippen molar-refractivity contribution in [2.75, 3.05) is 12.4 Å². The first-order chi connectivity index (χ1) is 13.9. The van der Waals surface area contributed by atoms with Crippen LogP contribution in [0.4, 0.5) is 10.1 Å². The maximum absolute atomic E-state index is 13.9. The van der Waals surface area contributed by atoms with E-state index in [2.05, 4.69) is 10.7 Å². The van der Waals surface area contributed by atoms with Crippen molar-refractivity contribution in [1.82, 2.24) is 5.43 Å². The number of carbonyl (C=O) groups is 2. The molecule has 3 rings (SSSR count). The molecule has 6 heteroatoms. The molecule has 0 saturated carbocycles. The fraction of sp³-hybridized carbons (Fsp3) is 0.0870. The molecule has 0 radical (unpaired) electrons. The van der Waals surface area contributed by atoms with Crippen LogP contribution in [0.3, 0.4) is 0 Å². The van der Waals surface area contributed by atoms with Gasteiger partial charge in [-0.2, -0.15) is 0 Å². The lowest BCUT2D eigenvalue weighted by molar-refractivity contribution is -0.539. The van der Waals surface area contributed by atoms with E-state index in [0.29, 0.717) is 5.69 Å². The maximum Gasteiger partial charge on any atom is 0.307 e. The van der Waals surface area contributed by atoms with Gasteiger partial charge >= 0.3 is 5.91 Å². The zero-order chi connectivity index (χ0) is 20.8. The number of carbonyl (C=O) groups excluding carboxylic acids is 2. The molecule has 2 N–H and O–H groups in total. The summed E-state index contributed by atoms with van der Waals surface area (Å²) in [5.74, 6) is -1.65. The van der Waals surface area contributed by atoms with Crippen molar-refractivity contribution >= 4 is 23.7 Å². The van der Waals surface area contributed by atoms with Crippen molar-refractivity contribution in [2.45, 2.75) is 6.92 Å². The molecule has 0 fully saturated rings. The summed E-state index contributed by atoms with van der Waals surface area (Å²) in [6.45, 7) is 1.99. The van der Waals surface area contributed by atoms with Gasteiger partial charge in [-0.15, -0.1) is 10.1 Å². The summed E-state index contributed by atoms with van der Waals surface area (Å²) in [4.78, 5) is 25.1. The van der Waals surface area contributed by atoms with Crippen LogP contribution in [0, 0.1) is 12.7 Å². The van der Waals surface area contributed by atoms with Crippen LogP contribution in [0.25, 0.3) is 0 Å². The van der Waals surface area contributed by atoms with E-state index in [1.54, 1.807) is 48.3 Å². The Bertz CT molecular complexity index is 1090. The Morgan fingerprint density at radius 2 is 1.59 bits per heavy atom. The Hall–Kier alpha value is -3.80. The summed E-state index contributed by atoms with van der Waals surface area (Å²) >= 11 is 0. The minimum Gasteiger partial charge on any atom is -0.321 e. The Labute approximate surface area is 168 Å². The molecule has 0 atom stereocenters. The quantitative estimate of drug-likeness (QED) is 0.396. The van der Waals surface area contributed by atoms with Gasteiger partial charge in [0.2, 0.25) is 6.21 Å². The highest BCUT2D eigenvalue weighted by Gasteiger charge is 2.18. The number of aryl methyl sites for hydroxylation is 1. The molecule has 0 spiro atoms. The fourth-order valence-corrected chi connectivity index (χ4v) is 2.85. The summed E-state index contributed by atoms with van der Waals surface area (Å²) in [5, 5.41) is 2.61. The third kappa shape index (κ3) is 5.13. The van der Waals surface area contributed by atoms with Crippen LogP contribution in [-0.2, 0) is 0 Å². The number of benzene rings is 3. The van der Waals surface area contributed by atoms with Crippen molar-refractivity contribution in [3.05, 3.63) is 101 Å². The zero-order valence-electron chi connectivity index (χ0n) is 16.1. The van der Waals surface area contributed by atoms with E-state index in [1.165, 1.54) is 18.2 Å². The lowest BCUT2D eigenvalue weighted by atomic mass is 10.1.